The Bertz CT molecular complexity index is 869. The standard InChI is InChI=1S/C15H16N4O3S2/c1-23-18-9-12(10-18)22-15-16-7-6-14(17-15)19-8-11-4-2-3-5-13(11)24(19,20)21/h2-7,12H,8-10H2,1H3. The van der Waals surface area contributed by atoms with Crippen molar-refractivity contribution in [2.45, 2.75) is 17.5 Å². The summed E-state index contributed by atoms with van der Waals surface area (Å²) in [6.07, 6.45) is 3.59. The van der Waals surface area contributed by atoms with Crippen molar-refractivity contribution in [2.24, 2.45) is 0 Å². The van der Waals surface area contributed by atoms with Crippen LogP contribution in [0.4, 0.5) is 5.82 Å². The molecule has 0 amide bonds. The van der Waals surface area contributed by atoms with Gasteiger partial charge in [0, 0.05) is 25.4 Å². The predicted molar refractivity (Wildman–Crippen MR) is 91.3 cm³/mol. The lowest BCUT2D eigenvalue weighted by Crippen LogP contribution is -2.50. The van der Waals surface area contributed by atoms with Crippen molar-refractivity contribution >= 4 is 27.8 Å². The molecule has 4 rings (SSSR count). The first-order valence-corrected chi connectivity index (χ1v) is 10.1. The maximum Gasteiger partial charge on any atom is 0.318 e. The maximum atomic E-state index is 12.7. The molecular formula is C15H16N4O3S2. The molecule has 1 aromatic heterocycles. The third kappa shape index (κ3) is 2.62. The van der Waals surface area contributed by atoms with Gasteiger partial charge in [-0.3, -0.25) is 0 Å². The van der Waals surface area contributed by atoms with Gasteiger partial charge in [0.15, 0.2) is 0 Å². The zero-order valence-electron chi connectivity index (χ0n) is 13.0. The number of anilines is 1. The molecule has 0 atom stereocenters. The van der Waals surface area contributed by atoms with Gasteiger partial charge in [0.05, 0.1) is 11.4 Å². The number of rotatable bonds is 4. The third-order valence-electron chi connectivity index (χ3n) is 4.07. The van der Waals surface area contributed by atoms with E-state index in [0.717, 1.165) is 18.7 Å². The highest BCUT2D eigenvalue weighted by atomic mass is 32.2. The lowest BCUT2D eigenvalue weighted by atomic mass is 10.2. The van der Waals surface area contributed by atoms with Crippen LogP contribution in [-0.4, -0.2) is 48.1 Å². The second kappa shape index (κ2) is 5.91. The van der Waals surface area contributed by atoms with Crippen LogP contribution in [0.1, 0.15) is 5.56 Å². The number of aromatic nitrogens is 2. The van der Waals surface area contributed by atoms with E-state index in [1.54, 1.807) is 30.1 Å². The van der Waals surface area contributed by atoms with E-state index < -0.39 is 10.0 Å². The van der Waals surface area contributed by atoms with E-state index in [-0.39, 0.29) is 18.7 Å². The minimum atomic E-state index is -3.57. The minimum Gasteiger partial charge on any atom is -0.457 e. The fraction of sp³-hybridized carbons (Fsp3) is 0.333. The van der Waals surface area contributed by atoms with E-state index >= 15 is 0 Å². The van der Waals surface area contributed by atoms with Gasteiger partial charge in [0.25, 0.3) is 10.0 Å². The molecule has 0 N–H and O–H groups in total. The van der Waals surface area contributed by atoms with Crippen molar-refractivity contribution in [1.29, 1.82) is 0 Å². The molecule has 2 aliphatic heterocycles. The van der Waals surface area contributed by atoms with Crippen molar-refractivity contribution in [2.75, 3.05) is 23.7 Å². The van der Waals surface area contributed by atoms with Crippen LogP contribution >= 0.6 is 11.9 Å². The van der Waals surface area contributed by atoms with Gasteiger partial charge in [-0.15, -0.1) is 0 Å². The monoisotopic (exact) mass is 364 g/mol. The molecular weight excluding hydrogens is 348 g/mol. The van der Waals surface area contributed by atoms with Crippen LogP contribution in [0.5, 0.6) is 6.01 Å². The van der Waals surface area contributed by atoms with E-state index in [0.29, 0.717) is 10.7 Å². The second-order valence-corrected chi connectivity index (χ2v) is 8.30. The first-order chi connectivity index (χ1) is 11.6. The zero-order valence-corrected chi connectivity index (χ0v) is 14.6. The molecule has 2 aliphatic rings. The molecule has 0 aliphatic carbocycles. The first kappa shape index (κ1) is 15.7. The Labute approximate surface area is 144 Å². The van der Waals surface area contributed by atoms with E-state index in [1.165, 1.54) is 10.5 Å². The number of hydrogen-bond acceptors (Lipinski definition) is 7. The highest BCUT2D eigenvalue weighted by Gasteiger charge is 2.36. The molecule has 9 heteroatoms. The van der Waals surface area contributed by atoms with Crippen LogP contribution in [0, 0.1) is 0 Å². The van der Waals surface area contributed by atoms with Crippen LogP contribution < -0.4 is 9.04 Å². The van der Waals surface area contributed by atoms with E-state index in [4.69, 9.17) is 4.74 Å². The first-order valence-electron chi connectivity index (χ1n) is 7.47. The molecule has 0 saturated carbocycles. The number of benzene rings is 1. The number of ether oxygens (including phenoxy) is 1. The van der Waals surface area contributed by atoms with Gasteiger partial charge < -0.3 is 4.74 Å². The summed E-state index contributed by atoms with van der Waals surface area (Å²) in [5.74, 6) is 0.331. The molecule has 0 radical (unpaired) electrons. The normalized spacial score (nSPS) is 19.8. The average molecular weight is 364 g/mol. The van der Waals surface area contributed by atoms with Gasteiger partial charge in [-0.25, -0.2) is 22.0 Å². The molecule has 7 nitrogen and oxygen atoms in total. The summed E-state index contributed by atoms with van der Waals surface area (Å²) >= 11 is 1.67. The smallest absolute Gasteiger partial charge is 0.318 e. The summed E-state index contributed by atoms with van der Waals surface area (Å²) in [7, 11) is -3.57. The molecule has 1 saturated heterocycles. The molecule has 24 heavy (non-hydrogen) atoms. The maximum absolute atomic E-state index is 12.7. The molecule has 0 unspecified atom stereocenters. The predicted octanol–water partition coefficient (Wildman–Crippen LogP) is 1.53. The molecule has 126 valence electrons. The zero-order chi connectivity index (χ0) is 16.7. The van der Waals surface area contributed by atoms with E-state index in [1.807, 2.05) is 18.4 Å². The average Bonchev–Trinajstić information content (AvgIpc) is 2.82. The highest BCUT2D eigenvalue weighted by Crippen LogP contribution is 2.33. The Morgan fingerprint density at radius 2 is 2.04 bits per heavy atom. The van der Waals surface area contributed by atoms with E-state index in [2.05, 4.69) is 14.3 Å². The Hall–Kier alpha value is -1.84. The molecule has 0 spiro atoms. The minimum absolute atomic E-state index is 0.0417. The lowest BCUT2D eigenvalue weighted by molar-refractivity contribution is 0.0750. The number of sulfonamides is 1. The van der Waals surface area contributed by atoms with E-state index in [9.17, 15) is 8.42 Å². The van der Waals surface area contributed by atoms with Crippen LogP contribution in [0.15, 0.2) is 41.4 Å². The Morgan fingerprint density at radius 3 is 2.79 bits per heavy atom. The van der Waals surface area contributed by atoms with Gasteiger partial charge in [0.1, 0.15) is 11.9 Å². The summed E-state index contributed by atoms with van der Waals surface area (Å²) in [4.78, 5) is 8.73. The molecule has 1 aromatic carbocycles. The van der Waals surface area contributed by atoms with Crippen molar-refractivity contribution in [3.05, 3.63) is 42.1 Å². The van der Waals surface area contributed by atoms with Gasteiger partial charge >= 0.3 is 6.01 Å². The molecule has 2 aromatic rings. The SMILES string of the molecule is CSN1CC(Oc2nccc(N3Cc4ccccc4S3(=O)=O)n2)C1. The fourth-order valence-electron chi connectivity index (χ4n) is 2.75. The van der Waals surface area contributed by atoms with Gasteiger partial charge in [-0.2, -0.15) is 4.98 Å². The summed E-state index contributed by atoms with van der Waals surface area (Å²) < 4.78 is 34.6. The second-order valence-electron chi connectivity index (χ2n) is 5.59. The molecule has 3 heterocycles. The lowest BCUT2D eigenvalue weighted by Gasteiger charge is -2.36. The number of nitrogens with zero attached hydrogens (tertiary/aromatic N) is 4. The Balaban J connectivity index is 1.57. The quantitative estimate of drug-likeness (QED) is 0.762. The van der Waals surface area contributed by atoms with Gasteiger partial charge in [-0.1, -0.05) is 30.1 Å². The van der Waals surface area contributed by atoms with Crippen LogP contribution in [0.3, 0.4) is 0 Å². The number of hydrogen-bond donors (Lipinski definition) is 0. The van der Waals surface area contributed by atoms with Gasteiger partial charge in [0.2, 0.25) is 0 Å². The van der Waals surface area contributed by atoms with Crippen LogP contribution in [0.2, 0.25) is 0 Å². The highest BCUT2D eigenvalue weighted by molar-refractivity contribution is 7.96. The van der Waals surface area contributed by atoms with Crippen LogP contribution in [0.25, 0.3) is 0 Å². The molecule has 0 bridgehead atoms. The third-order valence-corrected chi connectivity index (χ3v) is 6.74. The van der Waals surface area contributed by atoms with Crippen molar-refractivity contribution in [1.82, 2.24) is 14.3 Å². The van der Waals surface area contributed by atoms with Crippen molar-refractivity contribution in [3.63, 3.8) is 0 Å². The summed E-state index contributed by atoms with van der Waals surface area (Å²) in [5.41, 5.74) is 0.771. The Morgan fingerprint density at radius 1 is 1.25 bits per heavy atom. The topological polar surface area (TPSA) is 75.6 Å². The summed E-state index contributed by atoms with van der Waals surface area (Å²) in [5, 5.41) is 0. The fourth-order valence-corrected chi connectivity index (χ4v) is 4.99. The number of fused-ring (bicyclic) bond motifs is 1. The molecule has 1 fully saturated rings. The largest absolute Gasteiger partial charge is 0.457 e. The van der Waals surface area contributed by atoms with Gasteiger partial charge in [-0.05, 0) is 17.9 Å². The summed E-state index contributed by atoms with van der Waals surface area (Å²) in [6, 6.07) is 8.80. The van der Waals surface area contributed by atoms with Crippen molar-refractivity contribution < 1.29 is 13.2 Å². The Kier molecular flexibility index (Phi) is 3.86. The van der Waals surface area contributed by atoms with Crippen molar-refractivity contribution in [3.8, 4) is 6.01 Å². The summed E-state index contributed by atoms with van der Waals surface area (Å²) in [6.45, 7) is 1.89. The van der Waals surface area contributed by atoms with Crippen LogP contribution in [-0.2, 0) is 16.6 Å².